The summed E-state index contributed by atoms with van der Waals surface area (Å²) in [6, 6.07) is 0. The summed E-state index contributed by atoms with van der Waals surface area (Å²) in [5.74, 6) is -0.956. The fourth-order valence-corrected chi connectivity index (χ4v) is 8.50. The highest BCUT2D eigenvalue weighted by molar-refractivity contribution is 5.71. The maximum atomic E-state index is 12.9. The highest BCUT2D eigenvalue weighted by Gasteiger charge is 2.19. The van der Waals surface area contributed by atoms with Gasteiger partial charge in [-0.1, -0.05) is 287 Å². The fourth-order valence-electron chi connectivity index (χ4n) is 8.50. The van der Waals surface area contributed by atoms with Crippen molar-refractivity contribution in [2.24, 2.45) is 0 Å². The Morgan fingerprint density at radius 1 is 0.253 bits per heavy atom. The molecule has 0 saturated heterocycles. The van der Waals surface area contributed by atoms with Crippen molar-refractivity contribution in [2.45, 2.75) is 271 Å². The Morgan fingerprint density at radius 3 is 0.735 bits per heavy atom. The Kier molecular flexibility index (Phi) is 64.4. The maximum Gasteiger partial charge on any atom is 0.306 e. The predicted molar refractivity (Wildman–Crippen MR) is 361 cm³/mol. The lowest BCUT2D eigenvalue weighted by atomic mass is 10.1. The van der Waals surface area contributed by atoms with Crippen molar-refractivity contribution < 1.29 is 28.6 Å². The summed E-state index contributed by atoms with van der Waals surface area (Å²) in [5, 5.41) is 0. The minimum absolute atomic E-state index is 0.102. The van der Waals surface area contributed by atoms with E-state index in [1.54, 1.807) is 0 Å². The number of hydrogen-bond acceptors (Lipinski definition) is 6. The molecule has 1 atom stereocenters. The van der Waals surface area contributed by atoms with Crippen molar-refractivity contribution in [3.8, 4) is 0 Å². The van der Waals surface area contributed by atoms with Crippen LogP contribution in [0.5, 0.6) is 0 Å². The zero-order valence-electron chi connectivity index (χ0n) is 53.1. The van der Waals surface area contributed by atoms with Gasteiger partial charge in [-0.05, 0) is 141 Å². The lowest BCUT2D eigenvalue weighted by molar-refractivity contribution is -0.167. The third-order valence-corrected chi connectivity index (χ3v) is 13.4. The normalized spacial score (nSPS) is 13.3. The second kappa shape index (κ2) is 69.0. The first-order valence-corrected chi connectivity index (χ1v) is 33.3. The van der Waals surface area contributed by atoms with E-state index >= 15 is 0 Å². The molecular weight excluding hydrogens is 1020 g/mol. The Balaban J connectivity index is 4.34. The van der Waals surface area contributed by atoms with E-state index < -0.39 is 6.10 Å². The lowest BCUT2D eigenvalue weighted by Gasteiger charge is -2.18. The summed E-state index contributed by atoms with van der Waals surface area (Å²) in [7, 11) is 0. The number of hydrogen-bond donors (Lipinski definition) is 0. The Labute approximate surface area is 510 Å². The maximum absolute atomic E-state index is 12.9. The van der Waals surface area contributed by atoms with E-state index in [0.29, 0.717) is 12.8 Å². The van der Waals surface area contributed by atoms with Crippen LogP contribution in [-0.2, 0) is 28.6 Å². The predicted octanol–water partition coefficient (Wildman–Crippen LogP) is 23.2. The molecular formula is C77H120O6. The highest BCUT2D eigenvalue weighted by atomic mass is 16.6. The van der Waals surface area contributed by atoms with Crippen LogP contribution in [0.1, 0.15) is 265 Å². The number of carbonyl (C=O) groups excluding carboxylic acids is 3. The number of carbonyl (C=O) groups is 3. The zero-order chi connectivity index (χ0) is 59.9. The molecule has 0 spiro atoms. The first-order valence-electron chi connectivity index (χ1n) is 33.3. The van der Waals surface area contributed by atoms with Gasteiger partial charge in [0.05, 0.1) is 0 Å². The number of rotatable bonds is 58. The van der Waals surface area contributed by atoms with Gasteiger partial charge in [0.25, 0.3) is 0 Å². The summed E-state index contributed by atoms with van der Waals surface area (Å²) < 4.78 is 16.8. The molecule has 0 aromatic heterocycles. The minimum Gasteiger partial charge on any atom is -0.462 e. The van der Waals surface area contributed by atoms with Crippen LogP contribution in [0.4, 0.5) is 0 Å². The molecule has 0 N–H and O–H groups in total. The largest absolute Gasteiger partial charge is 0.462 e. The first-order chi connectivity index (χ1) is 41.0. The molecule has 83 heavy (non-hydrogen) atoms. The number of ether oxygens (including phenoxy) is 3. The molecule has 0 aliphatic heterocycles. The van der Waals surface area contributed by atoms with E-state index in [2.05, 4.69) is 203 Å². The molecule has 0 fully saturated rings. The van der Waals surface area contributed by atoms with Gasteiger partial charge in [0.1, 0.15) is 13.2 Å². The molecule has 0 aromatic rings. The van der Waals surface area contributed by atoms with Crippen LogP contribution in [-0.4, -0.2) is 37.2 Å². The topological polar surface area (TPSA) is 78.9 Å². The highest BCUT2D eigenvalue weighted by Crippen LogP contribution is 2.14. The molecule has 6 nitrogen and oxygen atoms in total. The molecule has 0 radical (unpaired) electrons. The standard InChI is InChI=1S/C77H120O6/c1-4-7-10-13-16-19-21-23-25-27-29-31-33-34-35-36-37-38-39-40-41-42-44-45-47-49-51-53-55-58-61-64-67-70-76(79)82-73-74(72-81-75(78)69-66-63-60-57-18-15-12-9-6-3)83-77(80)71-68-65-62-59-56-54-52-50-48-46-43-32-30-28-26-24-22-20-17-14-11-8-5-2/h7-8,10-11,16-17,19-20,23-26,29-32,34-35,37-38,40-41,44-46,48-49,51-52,54,74H,4-6,9,12-15,18,21-22,27-28,33,36,39,42-43,47,50,53,55-73H2,1-3H3/b10-7-,11-8-,19-16-,20-17-,25-23-,26-24-,31-29-,32-30-,35-34-,38-37-,41-40-,45-44-,48-46-,51-49-,54-52-. The van der Waals surface area contributed by atoms with Crippen molar-refractivity contribution in [3.63, 3.8) is 0 Å². The Morgan fingerprint density at radius 2 is 0.470 bits per heavy atom. The molecule has 0 aliphatic carbocycles. The van der Waals surface area contributed by atoms with Crippen LogP contribution < -0.4 is 0 Å². The third kappa shape index (κ3) is 67.2. The third-order valence-electron chi connectivity index (χ3n) is 13.4. The van der Waals surface area contributed by atoms with Gasteiger partial charge in [-0.25, -0.2) is 0 Å². The zero-order valence-corrected chi connectivity index (χ0v) is 53.1. The van der Waals surface area contributed by atoms with E-state index in [9.17, 15) is 14.4 Å². The van der Waals surface area contributed by atoms with E-state index in [1.807, 2.05) is 0 Å². The molecule has 464 valence electrons. The van der Waals surface area contributed by atoms with Crippen molar-refractivity contribution in [1.29, 1.82) is 0 Å². The van der Waals surface area contributed by atoms with E-state index in [-0.39, 0.29) is 37.5 Å². The number of allylic oxidation sites excluding steroid dienone is 30. The molecule has 0 saturated carbocycles. The van der Waals surface area contributed by atoms with Crippen molar-refractivity contribution in [2.75, 3.05) is 13.2 Å². The summed E-state index contributed by atoms with van der Waals surface area (Å²) in [5.41, 5.74) is 0. The van der Waals surface area contributed by atoms with Crippen molar-refractivity contribution >= 4 is 17.9 Å². The Bertz CT molecular complexity index is 1940. The van der Waals surface area contributed by atoms with Gasteiger partial charge in [-0.3, -0.25) is 14.4 Å². The monoisotopic (exact) mass is 1140 g/mol. The molecule has 0 amide bonds. The molecule has 1 unspecified atom stereocenters. The average Bonchev–Trinajstić information content (AvgIpc) is 3.49. The molecule has 0 bridgehead atoms. The van der Waals surface area contributed by atoms with Gasteiger partial charge in [-0.15, -0.1) is 0 Å². The van der Waals surface area contributed by atoms with Gasteiger partial charge < -0.3 is 14.2 Å². The molecule has 0 aromatic carbocycles. The second-order valence-electron chi connectivity index (χ2n) is 21.3. The lowest BCUT2D eigenvalue weighted by Crippen LogP contribution is -2.30. The van der Waals surface area contributed by atoms with Crippen molar-refractivity contribution in [3.05, 3.63) is 182 Å². The number of esters is 3. The summed E-state index contributed by atoms with van der Waals surface area (Å²) in [6.45, 7) is 6.34. The SMILES string of the molecule is CC/C=C\C/C=C\C/C=C\C/C=C\C/C=C\C/C=C\C/C=C\C/C=C\C/C=C\CCCCCCCC(=O)OCC(COC(=O)CCCCCCCCCCC)OC(=O)CCCCCC/C=C\C/C=C\C/C=C\C/C=C\C/C=C\C/C=C\CC. The van der Waals surface area contributed by atoms with Gasteiger partial charge in [0, 0.05) is 19.3 Å². The smallest absolute Gasteiger partial charge is 0.306 e. The van der Waals surface area contributed by atoms with Crippen LogP contribution in [0, 0.1) is 0 Å². The fraction of sp³-hybridized carbons (Fsp3) is 0.571. The van der Waals surface area contributed by atoms with Crippen LogP contribution in [0.2, 0.25) is 0 Å². The summed E-state index contributed by atoms with van der Waals surface area (Å²) in [4.78, 5) is 38.2. The minimum atomic E-state index is -0.809. The summed E-state index contributed by atoms with van der Waals surface area (Å²) >= 11 is 0. The summed E-state index contributed by atoms with van der Waals surface area (Å²) in [6.07, 6.45) is 103. The molecule has 0 heterocycles. The quantitative estimate of drug-likeness (QED) is 0.0261. The molecule has 6 heteroatoms. The van der Waals surface area contributed by atoms with E-state index in [4.69, 9.17) is 14.2 Å². The van der Waals surface area contributed by atoms with E-state index in [1.165, 1.54) is 38.5 Å². The Hall–Kier alpha value is -5.49. The van der Waals surface area contributed by atoms with Crippen molar-refractivity contribution in [1.82, 2.24) is 0 Å². The van der Waals surface area contributed by atoms with Crippen LogP contribution in [0.25, 0.3) is 0 Å². The average molecular weight is 1140 g/mol. The van der Waals surface area contributed by atoms with E-state index in [0.717, 1.165) is 186 Å². The first kappa shape index (κ1) is 77.5. The second-order valence-corrected chi connectivity index (χ2v) is 21.3. The van der Waals surface area contributed by atoms with Gasteiger partial charge in [0.2, 0.25) is 0 Å². The van der Waals surface area contributed by atoms with Gasteiger partial charge in [-0.2, -0.15) is 0 Å². The van der Waals surface area contributed by atoms with Crippen LogP contribution >= 0.6 is 0 Å². The van der Waals surface area contributed by atoms with Crippen LogP contribution in [0.3, 0.4) is 0 Å². The van der Waals surface area contributed by atoms with Gasteiger partial charge in [0.15, 0.2) is 6.10 Å². The molecule has 0 rings (SSSR count). The molecule has 0 aliphatic rings. The number of unbranched alkanes of at least 4 members (excludes halogenated alkanes) is 17. The van der Waals surface area contributed by atoms with Gasteiger partial charge >= 0.3 is 17.9 Å². The van der Waals surface area contributed by atoms with Crippen LogP contribution in [0.15, 0.2) is 182 Å².